The molecule has 0 aromatic carbocycles. The molecule has 4 nitrogen and oxygen atoms in total. The Morgan fingerprint density at radius 3 is 3.07 bits per heavy atom. The van der Waals surface area contributed by atoms with E-state index in [4.69, 9.17) is 28.0 Å². The van der Waals surface area contributed by atoms with Gasteiger partial charge >= 0.3 is 0 Å². The summed E-state index contributed by atoms with van der Waals surface area (Å²) in [5.41, 5.74) is 5.82. The highest BCUT2D eigenvalue weighted by molar-refractivity contribution is 7.73. The fourth-order valence-electron chi connectivity index (χ4n) is 1.66. The summed E-state index contributed by atoms with van der Waals surface area (Å²) in [6, 6.07) is 2.05. The Balaban J connectivity index is 2.24. The Labute approximate surface area is 96.9 Å². The molecule has 2 heterocycles. The lowest BCUT2D eigenvalue weighted by atomic mass is 10.2. The van der Waals surface area contributed by atoms with E-state index in [1.165, 1.54) is 11.3 Å². The minimum atomic E-state index is 0.195. The van der Waals surface area contributed by atoms with Gasteiger partial charge in [-0.05, 0) is 25.1 Å². The highest BCUT2D eigenvalue weighted by Gasteiger charge is 2.18. The van der Waals surface area contributed by atoms with Crippen LogP contribution in [0.1, 0.15) is 17.7 Å². The third-order valence-electron chi connectivity index (χ3n) is 2.44. The van der Waals surface area contributed by atoms with E-state index in [9.17, 15) is 0 Å². The summed E-state index contributed by atoms with van der Waals surface area (Å²) in [5, 5.41) is 8.81. The fraction of sp³-hybridized carbons (Fsp3) is 0.556. The first-order valence-electron chi connectivity index (χ1n) is 4.73. The van der Waals surface area contributed by atoms with Crippen molar-refractivity contribution in [2.45, 2.75) is 25.5 Å². The number of nitriles is 1. The number of hydrogen-bond acceptors (Lipinski definition) is 5. The van der Waals surface area contributed by atoms with Crippen molar-refractivity contribution in [1.29, 1.82) is 5.26 Å². The number of anilines is 1. The predicted octanol–water partition coefficient (Wildman–Crippen LogP) is 1.91. The summed E-state index contributed by atoms with van der Waals surface area (Å²) in [6.07, 6.45) is 2.33. The SMILES string of the molecule is N#Cc1sc(=S)n(C[C@H]2CCCO2)c1N. The molecule has 1 fully saturated rings. The zero-order chi connectivity index (χ0) is 10.8. The average molecular weight is 241 g/mol. The van der Waals surface area contributed by atoms with Crippen LogP contribution in [0.4, 0.5) is 5.82 Å². The maximum atomic E-state index is 8.81. The van der Waals surface area contributed by atoms with Crippen LogP contribution in [-0.2, 0) is 11.3 Å². The molecule has 80 valence electrons. The Morgan fingerprint density at radius 2 is 2.53 bits per heavy atom. The van der Waals surface area contributed by atoms with Crippen LogP contribution >= 0.6 is 23.6 Å². The lowest BCUT2D eigenvalue weighted by Gasteiger charge is -2.11. The van der Waals surface area contributed by atoms with Gasteiger partial charge in [-0.25, -0.2) is 0 Å². The summed E-state index contributed by atoms with van der Waals surface area (Å²) < 4.78 is 7.96. The molecule has 0 bridgehead atoms. The standard InChI is InChI=1S/C9H11N3OS2/c10-4-7-8(11)12(9(14)15-7)5-6-2-1-3-13-6/h6H,1-3,5,11H2/t6-/m1/s1. The molecule has 1 saturated heterocycles. The molecule has 1 aromatic rings. The highest BCUT2D eigenvalue weighted by Crippen LogP contribution is 2.23. The summed E-state index contributed by atoms with van der Waals surface area (Å²) in [5.74, 6) is 0.475. The molecule has 15 heavy (non-hydrogen) atoms. The predicted molar refractivity (Wildman–Crippen MR) is 61.2 cm³/mol. The molecule has 0 saturated carbocycles. The zero-order valence-corrected chi connectivity index (χ0v) is 9.74. The van der Waals surface area contributed by atoms with E-state index >= 15 is 0 Å². The molecule has 0 radical (unpaired) electrons. The van der Waals surface area contributed by atoms with Crippen LogP contribution in [0.2, 0.25) is 0 Å². The molecule has 0 unspecified atom stereocenters. The summed E-state index contributed by atoms with van der Waals surface area (Å²) in [7, 11) is 0. The molecule has 1 aromatic heterocycles. The fourth-order valence-corrected chi connectivity index (χ4v) is 2.80. The highest BCUT2D eigenvalue weighted by atomic mass is 32.1. The van der Waals surface area contributed by atoms with Gasteiger partial charge in [0.2, 0.25) is 0 Å². The third kappa shape index (κ3) is 2.04. The molecule has 1 aliphatic rings. The second-order valence-electron chi connectivity index (χ2n) is 3.44. The number of rotatable bonds is 2. The number of thiazole rings is 1. The van der Waals surface area contributed by atoms with Crippen molar-refractivity contribution in [1.82, 2.24) is 4.57 Å². The van der Waals surface area contributed by atoms with Gasteiger partial charge in [0, 0.05) is 6.61 Å². The Morgan fingerprint density at radius 1 is 1.73 bits per heavy atom. The van der Waals surface area contributed by atoms with Crippen molar-refractivity contribution in [3.8, 4) is 6.07 Å². The van der Waals surface area contributed by atoms with Gasteiger partial charge in [0.25, 0.3) is 0 Å². The van der Waals surface area contributed by atoms with Crippen LogP contribution in [-0.4, -0.2) is 17.3 Å². The van der Waals surface area contributed by atoms with Crippen LogP contribution in [0, 0.1) is 15.3 Å². The molecule has 6 heteroatoms. The maximum absolute atomic E-state index is 8.81. The quantitative estimate of drug-likeness (QED) is 0.803. The molecule has 1 atom stereocenters. The molecule has 2 rings (SSSR count). The van der Waals surface area contributed by atoms with E-state index in [0.717, 1.165) is 19.4 Å². The van der Waals surface area contributed by atoms with Crippen LogP contribution < -0.4 is 5.73 Å². The van der Waals surface area contributed by atoms with Crippen molar-refractivity contribution in [2.24, 2.45) is 0 Å². The van der Waals surface area contributed by atoms with Gasteiger partial charge in [0.15, 0.2) is 3.95 Å². The van der Waals surface area contributed by atoms with Crippen LogP contribution in [0.25, 0.3) is 0 Å². The summed E-state index contributed by atoms with van der Waals surface area (Å²) >= 11 is 6.42. The maximum Gasteiger partial charge on any atom is 0.164 e. The van der Waals surface area contributed by atoms with Gasteiger partial charge in [0.1, 0.15) is 16.8 Å². The van der Waals surface area contributed by atoms with Gasteiger partial charge in [-0.15, -0.1) is 0 Å². The average Bonchev–Trinajstić information content (AvgIpc) is 2.81. The Bertz CT molecular complexity index is 451. The first-order chi connectivity index (χ1) is 7.22. The number of nitrogens with two attached hydrogens (primary N) is 1. The lowest BCUT2D eigenvalue weighted by molar-refractivity contribution is 0.0974. The molecule has 0 spiro atoms. The molecular weight excluding hydrogens is 230 g/mol. The molecule has 2 N–H and O–H groups in total. The molecule has 1 aliphatic heterocycles. The van der Waals surface area contributed by atoms with E-state index in [1.54, 1.807) is 4.57 Å². The van der Waals surface area contributed by atoms with Crippen LogP contribution in [0.15, 0.2) is 0 Å². The minimum Gasteiger partial charge on any atom is -0.383 e. The normalized spacial score (nSPS) is 20.3. The van der Waals surface area contributed by atoms with E-state index < -0.39 is 0 Å². The first kappa shape index (κ1) is 10.6. The molecule has 0 amide bonds. The van der Waals surface area contributed by atoms with Gasteiger partial charge in [-0.3, -0.25) is 0 Å². The van der Waals surface area contributed by atoms with Gasteiger partial charge in [-0.2, -0.15) is 5.26 Å². The van der Waals surface area contributed by atoms with Crippen molar-refractivity contribution < 1.29 is 4.74 Å². The topological polar surface area (TPSA) is 64.0 Å². The zero-order valence-electron chi connectivity index (χ0n) is 8.10. The number of hydrogen-bond donors (Lipinski definition) is 1. The van der Waals surface area contributed by atoms with E-state index in [0.29, 0.717) is 21.2 Å². The summed E-state index contributed by atoms with van der Waals surface area (Å²) in [4.78, 5) is 0.498. The number of nitrogen functional groups attached to an aromatic ring is 1. The van der Waals surface area contributed by atoms with E-state index in [1.807, 2.05) is 6.07 Å². The van der Waals surface area contributed by atoms with E-state index in [2.05, 4.69) is 0 Å². The number of ether oxygens (including phenoxy) is 1. The lowest BCUT2D eigenvalue weighted by Crippen LogP contribution is -2.16. The second-order valence-corrected chi connectivity index (χ2v) is 5.08. The first-order valence-corrected chi connectivity index (χ1v) is 5.95. The summed E-state index contributed by atoms with van der Waals surface area (Å²) in [6.45, 7) is 1.48. The van der Waals surface area contributed by atoms with Gasteiger partial charge < -0.3 is 15.0 Å². The monoisotopic (exact) mass is 241 g/mol. The van der Waals surface area contributed by atoms with Crippen LogP contribution in [0.5, 0.6) is 0 Å². The molecule has 0 aliphatic carbocycles. The van der Waals surface area contributed by atoms with Gasteiger partial charge in [-0.1, -0.05) is 11.3 Å². The smallest absolute Gasteiger partial charge is 0.164 e. The van der Waals surface area contributed by atoms with Crippen LogP contribution in [0.3, 0.4) is 0 Å². The third-order valence-corrected chi connectivity index (χ3v) is 3.81. The Kier molecular flexibility index (Phi) is 3.05. The van der Waals surface area contributed by atoms with Crippen molar-refractivity contribution in [3.05, 3.63) is 8.83 Å². The van der Waals surface area contributed by atoms with E-state index in [-0.39, 0.29) is 6.10 Å². The number of aromatic nitrogens is 1. The second kappa shape index (κ2) is 4.31. The largest absolute Gasteiger partial charge is 0.383 e. The van der Waals surface area contributed by atoms with Gasteiger partial charge in [0.05, 0.1) is 12.6 Å². The van der Waals surface area contributed by atoms with Crippen molar-refractivity contribution in [2.75, 3.05) is 12.3 Å². The minimum absolute atomic E-state index is 0.195. The van der Waals surface area contributed by atoms with Crippen molar-refractivity contribution in [3.63, 3.8) is 0 Å². The number of nitrogens with zero attached hydrogens (tertiary/aromatic N) is 2. The van der Waals surface area contributed by atoms with Crippen molar-refractivity contribution >= 4 is 29.4 Å². The Hall–Kier alpha value is -0.900. The molecular formula is C9H11N3OS2.